The van der Waals surface area contributed by atoms with Crippen LogP contribution in [0, 0.1) is 19.7 Å². The lowest BCUT2D eigenvalue weighted by Gasteiger charge is -2.34. The molecule has 4 rings (SSSR count). The summed E-state index contributed by atoms with van der Waals surface area (Å²) < 4.78 is 40.8. The predicted octanol–water partition coefficient (Wildman–Crippen LogP) is 4.91. The molecule has 3 aromatic carbocycles. The van der Waals surface area contributed by atoms with Gasteiger partial charge in [0, 0.05) is 19.0 Å². The summed E-state index contributed by atoms with van der Waals surface area (Å²) in [6.45, 7) is 3.24. The second kappa shape index (κ2) is 13.3. The zero-order chi connectivity index (χ0) is 29.6. The summed E-state index contributed by atoms with van der Waals surface area (Å²) in [4.78, 5) is 29.4. The molecule has 7 nitrogen and oxygen atoms in total. The molecule has 0 saturated heterocycles. The summed E-state index contributed by atoms with van der Waals surface area (Å²) in [6.07, 6.45) is 5.14. The SMILES string of the molecule is Cc1ccc(N(CC(=O)N(Cc2ccc(F)cc2)[C@H](Cc2ccccc2)C(=O)NC2CCCC2)S(C)(=O)=O)c(C)c1. The topological polar surface area (TPSA) is 86.8 Å². The number of aryl methyl sites for hydroxylation is 2. The number of benzene rings is 3. The normalized spacial score (nSPS) is 14.4. The van der Waals surface area contributed by atoms with Crippen molar-refractivity contribution in [2.24, 2.45) is 0 Å². The maximum atomic E-state index is 14.2. The number of hydrogen-bond donors (Lipinski definition) is 1. The molecule has 41 heavy (non-hydrogen) atoms. The first-order chi connectivity index (χ1) is 19.5. The number of rotatable bonds is 11. The number of nitrogens with one attached hydrogen (secondary N) is 1. The van der Waals surface area contributed by atoms with Gasteiger partial charge in [-0.05, 0) is 61.6 Å². The molecule has 9 heteroatoms. The number of carbonyl (C=O) groups is 2. The Hall–Kier alpha value is -3.72. The fraction of sp³-hybridized carbons (Fsp3) is 0.375. The molecule has 0 bridgehead atoms. The van der Waals surface area contributed by atoms with Gasteiger partial charge in [-0.2, -0.15) is 0 Å². The Balaban J connectivity index is 1.73. The van der Waals surface area contributed by atoms with E-state index in [-0.39, 0.29) is 24.9 Å². The molecule has 1 aliphatic carbocycles. The van der Waals surface area contributed by atoms with Crippen LogP contribution in [0.4, 0.5) is 10.1 Å². The Kier molecular flexibility index (Phi) is 9.81. The van der Waals surface area contributed by atoms with Gasteiger partial charge < -0.3 is 10.2 Å². The summed E-state index contributed by atoms with van der Waals surface area (Å²) in [6, 6.07) is 19.7. The van der Waals surface area contributed by atoms with Crippen LogP contribution in [-0.4, -0.2) is 50.0 Å². The van der Waals surface area contributed by atoms with Crippen molar-refractivity contribution in [1.82, 2.24) is 10.2 Å². The number of nitrogens with zero attached hydrogens (tertiary/aromatic N) is 2. The third-order valence-corrected chi connectivity index (χ3v) is 8.67. The smallest absolute Gasteiger partial charge is 0.244 e. The lowest BCUT2D eigenvalue weighted by Crippen LogP contribution is -2.54. The zero-order valence-electron chi connectivity index (χ0n) is 23.8. The van der Waals surface area contributed by atoms with E-state index in [4.69, 9.17) is 0 Å². The van der Waals surface area contributed by atoms with Crippen LogP contribution in [0.15, 0.2) is 72.8 Å². The van der Waals surface area contributed by atoms with Crippen LogP contribution < -0.4 is 9.62 Å². The van der Waals surface area contributed by atoms with Crippen molar-refractivity contribution >= 4 is 27.5 Å². The maximum absolute atomic E-state index is 14.2. The van der Waals surface area contributed by atoms with Gasteiger partial charge in [-0.25, -0.2) is 12.8 Å². The molecular formula is C32H38FN3O4S. The monoisotopic (exact) mass is 579 g/mol. The van der Waals surface area contributed by atoms with Crippen molar-refractivity contribution in [2.45, 2.75) is 64.6 Å². The zero-order valence-corrected chi connectivity index (χ0v) is 24.7. The number of sulfonamides is 1. The molecule has 1 atom stereocenters. The molecule has 1 N–H and O–H groups in total. The fourth-order valence-electron chi connectivity index (χ4n) is 5.39. The van der Waals surface area contributed by atoms with Gasteiger partial charge in [0.1, 0.15) is 18.4 Å². The predicted molar refractivity (Wildman–Crippen MR) is 159 cm³/mol. The van der Waals surface area contributed by atoms with Crippen molar-refractivity contribution < 1.29 is 22.4 Å². The Morgan fingerprint density at radius 3 is 2.22 bits per heavy atom. The van der Waals surface area contributed by atoms with Crippen LogP contribution >= 0.6 is 0 Å². The van der Waals surface area contributed by atoms with Gasteiger partial charge in [0.25, 0.3) is 0 Å². The van der Waals surface area contributed by atoms with Gasteiger partial charge in [-0.15, -0.1) is 0 Å². The average Bonchev–Trinajstić information content (AvgIpc) is 3.43. The molecule has 1 saturated carbocycles. The minimum absolute atomic E-state index is 0.0131. The second-order valence-electron chi connectivity index (χ2n) is 10.9. The highest BCUT2D eigenvalue weighted by Gasteiger charge is 2.34. The Morgan fingerprint density at radius 1 is 0.951 bits per heavy atom. The van der Waals surface area contributed by atoms with E-state index in [2.05, 4.69) is 5.32 Å². The van der Waals surface area contributed by atoms with E-state index in [1.54, 1.807) is 31.2 Å². The van der Waals surface area contributed by atoms with E-state index in [1.807, 2.05) is 43.3 Å². The molecule has 3 aromatic rings. The first-order valence-corrected chi connectivity index (χ1v) is 15.8. The highest BCUT2D eigenvalue weighted by molar-refractivity contribution is 7.92. The van der Waals surface area contributed by atoms with Gasteiger partial charge in [-0.3, -0.25) is 13.9 Å². The molecule has 0 aliphatic heterocycles. The highest BCUT2D eigenvalue weighted by atomic mass is 32.2. The molecule has 218 valence electrons. The fourth-order valence-corrected chi connectivity index (χ4v) is 6.30. The third-order valence-electron chi connectivity index (χ3n) is 7.54. The first-order valence-electron chi connectivity index (χ1n) is 13.9. The van der Waals surface area contributed by atoms with Crippen molar-refractivity contribution in [2.75, 3.05) is 17.1 Å². The van der Waals surface area contributed by atoms with Crippen LogP contribution in [0.25, 0.3) is 0 Å². The maximum Gasteiger partial charge on any atom is 0.244 e. The molecule has 0 spiro atoms. The van der Waals surface area contributed by atoms with Gasteiger partial charge in [0.05, 0.1) is 11.9 Å². The summed E-state index contributed by atoms with van der Waals surface area (Å²) in [5.41, 5.74) is 3.58. The number of halogens is 1. The van der Waals surface area contributed by atoms with Crippen LogP contribution in [-0.2, 0) is 32.6 Å². The summed E-state index contributed by atoms with van der Waals surface area (Å²) >= 11 is 0. The quantitative estimate of drug-likeness (QED) is 0.350. The Labute approximate surface area is 242 Å². The van der Waals surface area contributed by atoms with Gasteiger partial charge >= 0.3 is 0 Å². The molecular weight excluding hydrogens is 541 g/mol. The van der Waals surface area contributed by atoms with E-state index >= 15 is 0 Å². The molecule has 1 aliphatic rings. The van der Waals surface area contributed by atoms with E-state index in [1.165, 1.54) is 17.0 Å². The van der Waals surface area contributed by atoms with E-state index in [9.17, 15) is 22.4 Å². The summed E-state index contributed by atoms with van der Waals surface area (Å²) in [7, 11) is -3.85. The second-order valence-corrected chi connectivity index (χ2v) is 12.8. The minimum Gasteiger partial charge on any atom is -0.352 e. The first kappa shape index (κ1) is 30.2. The van der Waals surface area contributed by atoms with Crippen molar-refractivity contribution in [1.29, 1.82) is 0 Å². The molecule has 2 amide bonds. The van der Waals surface area contributed by atoms with Crippen LogP contribution in [0.3, 0.4) is 0 Å². The standard InChI is InChI=1S/C32H38FN3O4S/c1-23-13-18-29(24(2)19-23)36(41(3,39)40)22-31(37)35(21-26-14-16-27(33)17-15-26)30(20-25-9-5-4-6-10-25)32(38)34-28-11-7-8-12-28/h4-6,9-10,13-19,28,30H,7-8,11-12,20-22H2,1-3H3,(H,34,38)/t30-/m1/s1. The molecule has 1 fully saturated rings. The Bertz CT molecular complexity index is 1460. The minimum atomic E-state index is -3.85. The van der Waals surface area contributed by atoms with Gasteiger partial charge in [0.2, 0.25) is 21.8 Å². The highest BCUT2D eigenvalue weighted by Crippen LogP contribution is 2.25. The van der Waals surface area contributed by atoms with Crippen molar-refractivity contribution in [3.63, 3.8) is 0 Å². The van der Waals surface area contributed by atoms with Crippen LogP contribution in [0.5, 0.6) is 0 Å². The van der Waals surface area contributed by atoms with Crippen molar-refractivity contribution in [3.05, 3.63) is 101 Å². The van der Waals surface area contributed by atoms with Crippen LogP contribution in [0.2, 0.25) is 0 Å². The lowest BCUT2D eigenvalue weighted by molar-refractivity contribution is -0.140. The largest absolute Gasteiger partial charge is 0.352 e. The number of carbonyl (C=O) groups excluding carboxylic acids is 2. The Morgan fingerprint density at radius 2 is 1.61 bits per heavy atom. The lowest BCUT2D eigenvalue weighted by atomic mass is 10.0. The van der Waals surface area contributed by atoms with Crippen LogP contribution in [0.1, 0.15) is 47.9 Å². The van der Waals surface area contributed by atoms with Gasteiger partial charge in [-0.1, -0.05) is 73.0 Å². The van der Waals surface area contributed by atoms with Crippen molar-refractivity contribution in [3.8, 4) is 0 Å². The average molecular weight is 580 g/mol. The molecule has 0 radical (unpaired) electrons. The number of hydrogen-bond acceptors (Lipinski definition) is 4. The molecule has 0 aromatic heterocycles. The third kappa shape index (κ3) is 8.16. The molecule has 0 heterocycles. The summed E-state index contributed by atoms with van der Waals surface area (Å²) in [5.74, 6) is -1.22. The number of amides is 2. The van der Waals surface area contributed by atoms with E-state index < -0.39 is 34.3 Å². The molecule has 0 unspecified atom stereocenters. The van der Waals surface area contributed by atoms with Gasteiger partial charge in [0.15, 0.2) is 0 Å². The van der Waals surface area contributed by atoms with E-state index in [0.29, 0.717) is 16.8 Å². The summed E-state index contributed by atoms with van der Waals surface area (Å²) in [5, 5.41) is 3.14. The van der Waals surface area contributed by atoms with E-state index in [0.717, 1.165) is 47.4 Å². The number of anilines is 1.